The number of hydrogen-bond acceptors (Lipinski definition) is 0. The average molecular weight is 152 g/mol. The summed E-state index contributed by atoms with van der Waals surface area (Å²) in [6, 6.07) is 0. The Bertz CT molecular complexity index is 118. The van der Waals surface area contributed by atoms with E-state index >= 15 is 0 Å². The molecule has 0 heteroatoms. The lowest BCUT2D eigenvalue weighted by molar-refractivity contribution is 0.255. The van der Waals surface area contributed by atoms with Crippen LogP contribution in [0.5, 0.6) is 0 Å². The zero-order chi connectivity index (χ0) is 8.48. The van der Waals surface area contributed by atoms with Crippen LogP contribution in [0.2, 0.25) is 0 Å². The highest BCUT2D eigenvalue weighted by Crippen LogP contribution is 2.54. The number of rotatable bonds is 4. The summed E-state index contributed by atoms with van der Waals surface area (Å²) in [6.07, 6.45) is 6.36. The molecule has 1 atom stereocenters. The van der Waals surface area contributed by atoms with Crippen molar-refractivity contribution in [3.8, 4) is 0 Å². The molecule has 0 aromatic carbocycles. The van der Waals surface area contributed by atoms with Crippen molar-refractivity contribution >= 4 is 0 Å². The molecule has 11 heavy (non-hydrogen) atoms. The maximum atomic E-state index is 2.42. The summed E-state index contributed by atoms with van der Waals surface area (Å²) in [7, 11) is 0. The smallest absolute Gasteiger partial charge is 0.0179 e. The van der Waals surface area contributed by atoms with E-state index in [1.54, 1.807) is 5.92 Å². The molecule has 0 spiro atoms. The van der Waals surface area contributed by atoms with Gasteiger partial charge in [0, 0.05) is 0 Å². The molecule has 0 amide bonds. The van der Waals surface area contributed by atoms with Crippen LogP contribution in [0.1, 0.15) is 47.0 Å². The van der Waals surface area contributed by atoms with Crippen LogP contribution in [0.3, 0.4) is 0 Å². The lowest BCUT2D eigenvalue weighted by Crippen LogP contribution is -2.24. The fourth-order valence-corrected chi connectivity index (χ4v) is 1.85. The quantitative estimate of drug-likeness (QED) is 0.577. The first-order valence-corrected chi connectivity index (χ1v) is 4.74. The fraction of sp³-hybridized carbons (Fsp3) is 0.818. The summed E-state index contributed by atoms with van der Waals surface area (Å²) in [5.74, 6) is 2.60. The van der Waals surface area contributed by atoms with Gasteiger partial charge in [-0.05, 0) is 42.9 Å². The van der Waals surface area contributed by atoms with Crippen LogP contribution < -0.4 is 0 Å². The summed E-state index contributed by atoms with van der Waals surface area (Å²) < 4.78 is 0. The topological polar surface area (TPSA) is 0 Å². The molecule has 0 aromatic rings. The minimum Gasteiger partial charge on any atom is -0.0622 e. The van der Waals surface area contributed by atoms with Gasteiger partial charge in [0.1, 0.15) is 0 Å². The summed E-state index contributed by atoms with van der Waals surface area (Å²) in [5, 5.41) is 0. The molecule has 1 unspecified atom stereocenters. The molecular formula is C11H20. The van der Waals surface area contributed by atoms with Gasteiger partial charge in [-0.2, -0.15) is 0 Å². The van der Waals surface area contributed by atoms with E-state index in [2.05, 4.69) is 34.1 Å². The molecule has 1 aliphatic rings. The van der Waals surface area contributed by atoms with Crippen LogP contribution in [0, 0.1) is 23.7 Å². The molecule has 0 N–H and O–H groups in total. The van der Waals surface area contributed by atoms with Crippen molar-refractivity contribution in [2.75, 3.05) is 0 Å². The predicted octanol–water partition coefficient (Wildman–Crippen LogP) is 3.63. The Hall–Kier alpha value is 0. The van der Waals surface area contributed by atoms with Crippen LogP contribution in [-0.2, 0) is 0 Å². The van der Waals surface area contributed by atoms with Crippen LogP contribution in [0.4, 0.5) is 0 Å². The molecule has 1 rings (SSSR count). The highest BCUT2D eigenvalue weighted by atomic mass is 14.5. The van der Waals surface area contributed by atoms with Crippen molar-refractivity contribution in [3.05, 3.63) is 12.3 Å². The molecule has 0 bridgehead atoms. The van der Waals surface area contributed by atoms with Gasteiger partial charge in [0.25, 0.3) is 0 Å². The Morgan fingerprint density at radius 3 is 2.27 bits per heavy atom. The molecule has 0 aliphatic heterocycles. The van der Waals surface area contributed by atoms with Crippen molar-refractivity contribution in [1.29, 1.82) is 0 Å². The fourth-order valence-electron chi connectivity index (χ4n) is 1.85. The van der Waals surface area contributed by atoms with E-state index in [-0.39, 0.29) is 0 Å². The van der Waals surface area contributed by atoms with E-state index in [0.717, 1.165) is 5.92 Å². The lowest BCUT2D eigenvalue weighted by Gasteiger charge is -2.33. The van der Waals surface area contributed by atoms with Gasteiger partial charge in [-0.3, -0.25) is 0 Å². The SMILES string of the molecule is C[CH]CC(C)([C]1CC1)C(C)C. The van der Waals surface area contributed by atoms with Crippen molar-refractivity contribution in [2.45, 2.75) is 47.0 Å². The van der Waals surface area contributed by atoms with Gasteiger partial charge in [-0.15, -0.1) is 0 Å². The van der Waals surface area contributed by atoms with Crippen molar-refractivity contribution in [2.24, 2.45) is 11.3 Å². The molecule has 64 valence electrons. The standard InChI is InChI=1S/C11H20/c1-5-8-11(4,9(2)3)10-6-7-10/h5,9H,6-8H2,1-4H3. The maximum Gasteiger partial charge on any atom is -0.0179 e. The third kappa shape index (κ3) is 1.77. The molecule has 1 aliphatic carbocycles. The second-order valence-electron chi connectivity index (χ2n) is 4.29. The minimum atomic E-state index is 0.523. The van der Waals surface area contributed by atoms with Gasteiger partial charge < -0.3 is 0 Å². The first kappa shape index (κ1) is 9.09. The first-order chi connectivity index (χ1) is 5.11. The van der Waals surface area contributed by atoms with E-state index in [4.69, 9.17) is 0 Å². The molecule has 0 saturated heterocycles. The first-order valence-electron chi connectivity index (χ1n) is 4.74. The van der Waals surface area contributed by atoms with Crippen LogP contribution in [0.25, 0.3) is 0 Å². The molecule has 0 aromatic heterocycles. The molecule has 0 nitrogen and oxygen atoms in total. The minimum absolute atomic E-state index is 0.523. The van der Waals surface area contributed by atoms with Gasteiger partial charge in [0.15, 0.2) is 0 Å². The predicted molar refractivity (Wildman–Crippen MR) is 50.0 cm³/mol. The zero-order valence-corrected chi connectivity index (χ0v) is 8.28. The Labute approximate surface area is 71.4 Å². The molecule has 2 radical (unpaired) electrons. The summed E-state index contributed by atoms with van der Waals surface area (Å²) >= 11 is 0. The number of hydrogen-bond donors (Lipinski definition) is 0. The molecule has 0 heterocycles. The zero-order valence-electron chi connectivity index (χ0n) is 8.28. The normalized spacial score (nSPS) is 23.7. The van der Waals surface area contributed by atoms with Crippen LogP contribution >= 0.6 is 0 Å². The summed E-state index contributed by atoms with van der Waals surface area (Å²) in [5.41, 5.74) is 0.523. The van der Waals surface area contributed by atoms with Gasteiger partial charge in [-0.1, -0.05) is 27.7 Å². The van der Waals surface area contributed by atoms with Gasteiger partial charge >= 0.3 is 0 Å². The Kier molecular flexibility index (Phi) is 2.61. The van der Waals surface area contributed by atoms with Gasteiger partial charge in [0.2, 0.25) is 0 Å². The molecule has 1 saturated carbocycles. The Balaban J connectivity index is 2.53. The van der Waals surface area contributed by atoms with E-state index < -0.39 is 0 Å². The Morgan fingerprint density at radius 2 is 2.00 bits per heavy atom. The Morgan fingerprint density at radius 1 is 1.45 bits per heavy atom. The summed E-state index contributed by atoms with van der Waals surface area (Å²) in [4.78, 5) is 0. The van der Waals surface area contributed by atoms with Gasteiger partial charge in [-0.25, -0.2) is 0 Å². The molecule has 1 fully saturated rings. The van der Waals surface area contributed by atoms with E-state index in [0.29, 0.717) is 5.41 Å². The molecular weight excluding hydrogens is 132 g/mol. The second kappa shape index (κ2) is 3.16. The highest BCUT2D eigenvalue weighted by molar-refractivity contribution is 5.18. The second-order valence-corrected chi connectivity index (χ2v) is 4.29. The van der Waals surface area contributed by atoms with Crippen molar-refractivity contribution in [1.82, 2.24) is 0 Å². The van der Waals surface area contributed by atoms with E-state index in [1.807, 2.05) is 0 Å². The van der Waals surface area contributed by atoms with Crippen molar-refractivity contribution in [3.63, 3.8) is 0 Å². The van der Waals surface area contributed by atoms with E-state index in [9.17, 15) is 0 Å². The lowest BCUT2D eigenvalue weighted by atomic mass is 9.72. The van der Waals surface area contributed by atoms with Gasteiger partial charge in [0.05, 0.1) is 0 Å². The van der Waals surface area contributed by atoms with Crippen molar-refractivity contribution < 1.29 is 0 Å². The monoisotopic (exact) mass is 152 g/mol. The maximum absolute atomic E-state index is 2.42. The van der Waals surface area contributed by atoms with Crippen LogP contribution in [0.15, 0.2) is 0 Å². The van der Waals surface area contributed by atoms with E-state index in [1.165, 1.54) is 19.3 Å². The summed E-state index contributed by atoms with van der Waals surface area (Å²) in [6.45, 7) is 9.27. The van der Waals surface area contributed by atoms with Crippen LogP contribution in [-0.4, -0.2) is 0 Å². The average Bonchev–Trinajstić information content (AvgIpc) is 2.68. The third-order valence-electron chi connectivity index (χ3n) is 3.21. The third-order valence-corrected chi connectivity index (χ3v) is 3.21. The largest absolute Gasteiger partial charge is 0.0622 e. The highest BCUT2D eigenvalue weighted by Gasteiger charge is 2.43.